The van der Waals surface area contributed by atoms with E-state index in [-0.39, 0.29) is 5.91 Å². The average molecular weight is 370 g/mol. The number of nitrogens with one attached hydrogen (secondary N) is 2. The van der Waals surface area contributed by atoms with Gasteiger partial charge in [-0.15, -0.1) is 0 Å². The number of aliphatic carboxylic acids is 1. The number of hydrogen-bond donors (Lipinski definition) is 4. The van der Waals surface area contributed by atoms with Crippen molar-refractivity contribution in [3.05, 3.63) is 71.8 Å². The zero-order valence-corrected chi connectivity index (χ0v) is 15.2. The molecule has 6 nitrogen and oxygen atoms in total. The first-order chi connectivity index (χ1) is 13.1. The molecule has 3 rings (SSSR count). The van der Waals surface area contributed by atoms with Gasteiger partial charge in [0.2, 0.25) is 0 Å². The molecule has 1 fully saturated rings. The van der Waals surface area contributed by atoms with E-state index in [2.05, 4.69) is 10.6 Å². The first-order valence-electron chi connectivity index (χ1n) is 9.07. The number of carbonyl (C=O) groups excluding carboxylic acids is 1. The highest BCUT2D eigenvalue weighted by atomic mass is 16.4. The minimum atomic E-state index is -1.41. The lowest BCUT2D eigenvalue weighted by atomic mass is 10.00. The molecule has 27 heavy (non-hydrogen) atoms. The second-order valence-corrected chi connectivity index (χ2v) is 6.44. The van der Waals surface area contributed by atoms with Gasteiger partial charge in [-0.2, -0.15) is 0 Å². The molecule has 1 aliphatic heterocycles. The summed E-state index contributed by atoms with van der Waals surface area (Å²) in [7, 11) is 0. The molecular weight excluding hydrogens is 344 g/mol. The van der Waals surface area contributed by atoms with Crippen LogP contribution in [-0.4, -0.2) is 41.7 Å². The summed E-state index contributed by atoms with van der Waals surface area (Å²) >= 11 is 0. The van der Waals surface area contributed by atoms with Gasteiger partial charge in [-0.3, -0.25) is 4.79 Å². The Morgan fingerprint density at radius 2 is 1.70 bits per heavy atom. The van der Waals surface area contributed by atoms with E-state index in [1.54, 1.807) is 30.3 Å². The van der Waals surface area contributed by atoms with Crippen molar-refractivity contribution >= 4 is 11.9 Å². The Bertz CT molecular complexity index is 701. The Labute approximate surface area is 159 Å². The number of carbonyl (C=O) groups is 2. The summed E-state index contributed by atoms with van der Waals surface area (Å²) in [5.74, 6) is -0.608. The Morgan fingerprint density at radius 3 is 2.26 bits per heavy atom. The second-order valence-electron chi connectivity index (χ2n) is 6.44. The van der Waals surface area contributed by atoms with Gasteiger partial charge >= 0.3 is 5.97 Å². The molecular formula is C21H26N2O4. The van der Waals surface area contributed by atoms with Crippen LogP contribution in [0.15, 0.2) is 60.7 Å². The maximum absolute atomic E-state index is 11.8. The molecule has 2 aromatic carbocycles. The Morgan fingerprint density at radius 1 is 1.07 bits per heavy atom. The Balaban J connectivity index is 0.000000208. The second kappa shape index (κ2) is 11.1. The van der Waals surface area contributed by atoms with Crippen molar-refractivity contribution in [1.82, 2.24) is 10.6 Å². The Hall–Kier alpha value is -2.70. The van der Waals surface area contributed by atoms with E-state index < -0.39 is 12.1 Å². The molecule has 0 spiro atoms. The summed E-state index contributed by atoms with van der Waals surface area (Å²) < 4.78 is 0. The maximum atomic E-state index is 11.8. The quantitative estimate of drug-likeness (QED) is 0.647. The summed E-state index contributed by atoms with van der Waals surface area (Å²) in [6, 6.07) is 17.6. The van der Waals surface area contributed by atoms with E-state index >= 15 is 0 Å². The third-order valence-corrected chi connectivity index (χ3v) is 4.34. The van der Waals surface area contributed by atoms with Gasteiger partial charge < -0.3 is 20.8 Å². The van der Waals surface area contributed by atoms with Crippen LogP contribution in [0, 0.1) is 5.92 Å². The zero-order valence-electron chi connectivity index (χ0n) is 15.2. The summed E-state index contributed by atoms with van der Waals surface area (Å²) in [5.41, 5.74) is 1.14. The molecule has 0 aromatic heterocycles. The molecule has 1 aliphatic rings. The highest BCUT2D eigenvalue weighted by Crippen LogP contribution is 2.11. The van der Waals surface area contributed by atoms with E-state index in [0.717, 1.165) is 25.2 Å². The molecule has 0 bridgehead atoms. The van der Waals surface area contributed by atoms with Crippen LogP contribution >= 0.6 is 0 Å². The molecule has 0 saturated carbocycles. The molecule has 0 aliphatic carbocycles. The molecule has 1 saturated heterocycles. The minimum Gasteiger partial charge on any atom is -0.479 e. The number of aliphatic hydroxyl groups is 1. The summed E-state index contributed by atoms with van der Waals surface area (Å²) in [4.78, 5) is 22.0. The van der Waals surface area contributed by atoms with Gasteiger partial charge in [-0.05, 0) is 49.5 Å². The van der Waals surface area contributed by atoms with Crippen LogP contribution in [0.3, 0.4) is 0 Å². The summed E-state index contributed by atoms with van der Waals surface area (Å²) in [5, 5.41) is 23.7. The van der Waals surface area contributed by atoms with E-state index in [1.165, 1.54) is 12.8 Å². The molecule has 6 heteroatoms. The monoisotopic (exact) mass is 370 g/mol. The van der Waals surface area contributed by atoms with Crippen LogP contribution in [0.25, 0.3) is 0 Å². The van der Waals surface area contributed by atoms with Crippen molar-refractivity contribution in [3.8, 4) is 0 Å². The number of carboxylic acid groups (broad SMARTS) is 1. The zero-order chi connectivity index (χ0) is 19.5. The first kappa shape index (κ1) is 20.6. The van der Waals surface area contributed by atoms with Crippen LogP contribution in [-0.2, 0) is 4.79 Å². The van der Waals surface area contributed by atoms with Gasteiger partial charge in [-0.1, -0.05) is 48.5 Å². The van der Waals surface area contributed by atoms with Crippen molar-refractivity contribution in [2.45, 2.75) is 18.9 Å². The number of amides is 1. The molecule has 1 amide bonds. The van der Waals surface area contributed by atoms with Crippen molar-refractivity contribution in [1.29, 1.82) is 0 Å². The van der Waals surface area contributed by atoms with Gasteiger partial charge in [-0.25, -0.2) is 4.79 Å². The van der Waals surface area contributed by atoms with Gasteiger partial charge in [0.25, 0.3) is 5.91 Å². The predicted octanol–water partition coefficient (Wildman–Crippen LogP) is 2.22. The average Bonchev–Trinajstić information content (AvgIpc) is 2.74. The molecule has 0 radical (unpaired) electrons. The standard InChI is InChI=1S/C13H18N2O.C8H8O3/c16-13(12-6-2-1-3-7-12)15-10-11-5-4-8-14-9-11;9-7(8(10)11)6-4-2-1-3-5-6/h1-3,6-7,11,14H,4-5,8-10H2,(H,15,16);1-5,7,9H,(H,10,11). The lowest BCUT2D eigenvalue weighted by molar-refractivity contribution is -0.146. The molecule has 1 heterocycles. The van der Waals surface area contributed by atoms with Crippen molar-refractivity contribution in [3.63, 3.8) is 0 Å². The van der Waals surface area contributed by atoms with E-state index in [0.29, 0.717) is 11.5 Å². The van der Waals surface area contributed by atoms with Gasteiger partial charge in [0.15, 0.2) is 6.10 Å². The highest BCUT2D eigenvalue weighted by Gasteiger charge is 2.14. The molecule has 2 atom stereocenters. The van der Waals surface area contributed by atoms with E-state index in [9.17, 15) is 9.59 Å². The lowest BCUT2D eigenvalue weighted by Crippen LogP contribution is -2.38. The SMILES string of the molecule is O=C(NCC1CCCNC1)c1ccccc1.O=C(O)C(O)c1ccccc1. The number of hydrogen-bond acceptors (Lipinski definition) is 4. The van der Waals surface area contributed by atoms with Crippen molar-refractivity contribution in [2.75, 3.05) is 19.6 Å². The number of benzene rings is 2. The van der Waals surface area contributed by atoms with Gasteiger partial charge in [0.05, 0.1) is 0 Å². The van der Waals surface area contributed by atoms with Crippen LogP contribution in [0.4, 0.5) is 0 Å². The normalized spacial score (nSPS) is 17.1. The Kier molecular flexibility index (Phi) is 8.48. The number of rotatable bonds is 5. The maximum Gasteiger partial charge on any atom is 0.337 e. The molecule has 2 aromatic rings. The topological polar surface area (TPSA) is 98.7 Å². The number of piperidine rings is 1. The number of aliphatic hydroxyl groups excluding tert-OH is 1. The van der Waals surface area contributed by atoms with E-state index in [4.69, 9.17) is 10.2 Å². The van der Waals surface area contributed by atoms with Crippen molar-refractivity contribution in [2.24, 2.45) is 5.92 Å². The summed E-state index contributed by atoms with van der Waals surface area (Å²) in [6.07, 6.45) is 1.02. The number of carboxylic acids is 1. The fraction of sp³-hybridized carbons (Fsp3) is 0.333. The smallest absolute Gasteiger partial charge is 0.337 e. The summed E-state index contributed by atoms with van der Waals surface area (Å²) in [6.45, 7) is 2.92. The molecule has 4 N–H and O–H groups in total. The van der Waals surface area contributed by atoms with Crippen LogP contribution in [0.2, 0.25) is 0 Å². The lowest BCUT2D eigenvalue weighted by Gasteiger charge is -2.22. The third kappa shape index (κ3) is 7.21. The molecule has 144 valence electrons. The highest BCUT2D eigenvalue weighted by molar-refractivity contribution is 5.94. The predicted molar refractivity (Wildman–Crippen MR) is 103 cm³/mol. The van der Waals surface area contributed by atoms with Crippen molar-refractivity contribution < 1.29 is 19.8 Å². The largest absolute Gasteiger partial charge is 0.479 e. The fourth-order valence-corrected chi connectivity index (χ4v) is 2.80. The third-order valence-electron chi connectivity index (χ3n) is 4.34. The first-order valence-corrected chi connectivity index (χ1v) is 9.07. The van der Waals surface area contributed by atoms with Gasteiger partial charge in [0.1, 0.15) is 0 Å². The van der Waals surface area contributed by atoms with Crippen LogP contribution in [0.1, 0.15) is 34.9 Å². The molecule has 2 unspecified atom stereocenters. The minimum absolute atomic E-state index is 0.0335. The van der Waals surface area contributed by atoms with Crippen LogP contribution < -0.4 is 10.6 Å². The van der Waals surface area contributed by atoms with Gasteiger partial charge in [0, 0.05) is 12.1 Å². The van der Waals surface area contributed by atoms with E-state index in [1.807, 2.05) is 30.3 Å². The fourth-order valence-electron chi connectivity index (χ4n) is 2.80. The van der Waals surface area contributed by atoms with Crippen LogP contribution in [0.5, 0.6) is 0 Å².